The Balaban J connectivity index is 4.95. The second kappa shape index (κ2) is 9.90. The summed E-state index contributed by atoms with van der Waals surface area (Å²) in [7, 11) is 0. The van der Waals surface area contributed by atoms with Crippen LogP contribution < -0.4 is 11.5 Å². The molecule has 0 aliphatic rings. The Labute approximate surface area is 149 Å². The molecular weight excluding hydrogens is 416 g/mol. The zero-order valence-corrected chi connectivity index (χ0v) is 16.7. The number of carbonyl (C=O) groups is 3. The number of alkyl halides is 2. The second-order valence-electron chi connectivity index (χ2n) is 5.75. The van der Waals surface area contributed by atoms with Crippen LogP contribution in [0.15, 0.2) is 0 Å². The van der Waals surface area contributed by atoms with E-state index in [4.69, 9.17) is 11.5 Å². The molecule has 0 saturated heterocycles. The highest BCUT2D eigenvalue weighted by Crippen LogP contribution is 2.19. The Morgan fingerprint density at radius 1 is 0.773 bits per heavy atom. The molecule has 0 fully saturated rings. The molecule has 128 valence electrons. The molecule has 22 heavy (non-hydrogen) atoms. The van der Waals surface area contributed by atoms with E-state index in [-0.39, 0.29) is 11.8 Å². The third-order valence-electron chi connectivity index (χ3n) is 4.17. The highest BCUT2D eigenvalue weighted by Gasteiger charge is 2.38. The molecule has 0 aromatic carbocycles. The van der Waals surface area contributed by atoms with Gasteiger partial charge in [0.1, 0.15) is 9.65 Å². The molecule has 0 heterocycles. The predicted molar refractivity (Wildman–Crippen MR) is 95.3 cm³/mol. The van der Waals surface area contributed by atoms with E-state index in [1.54, 1.807) is 0 Å². The van der Waals surface area contributed by atoms with Crippen molar-refractivity contribution in [3.8, 4) is 0 Å². The summed E-state index contributed by atoms with van der Waals surface area (Å²) < 4.78 is 0. The molecule has 5 nitrogen and oxygen atoms in total. The van der Waals surface area contributed by atoms with Crippen LogP contribution in [0.3, 0.4) is 0 Å². The minimum Gasteiger partial charge on any atom is -0.321 e. The Hall–Kier alpha value is -0.110. The summed E-state index contributed by atoms with van der Waals surface area (Å²) in [6.07, 6.45) is 1.47. The third kappa shape index (κ3) is 5.51. The fourth-order valence-electron chi connectivity index (χ4n) is 1.82. The largest absolute Gasteiger partial charge is 0.321 e. The monoisotopic (exact) mass is 440 g/mol. The lowest BCUT2D eigenvalue weighted by atomic mass is 9.90. The van der Waals surface area contributed by atoms with Crippen LogP contribution in [0.1, 0.15) is 40.5 Å². The van der Waals surface area contributed by atoms with E-state index in [2.05, 4.69) is 31.9 Å². The summed E-state index contributed by atoms with van der Waals surface area (Å²) in [6.45, 7) is 7.54. The van der Waals surface area contributed by atoms with Gasteiger partial charge in [0, 0.05) is 0 Å². The first-order valence-electron chi connectivity index (χ1n) is 7.50. The van der Waals surface area contributed by atoms with Crippen molar-refractivity contribution in [1.82, 2.24) is 0 Å². The highest BCUT2D eigenvalue weighted by molar-refractivity contribution is 9.11. The van der Waals surface area contributed by atoms with E-state index in [0.29, 0.717) is 0 Å². The maximum Gasteiger partial charge on any atom is 0.175 e. The number of nitrogens with two attached hydrogens (primary N) is 2. The van der Waals surface area contributed by atoms with Gasteiger partial charge < -0.3 is 11.5 Å². The van der Waals surface area contributed by atoms with E-state index in [9.17, 15) is 14.4 Å². The lowest BCUT2D eigenvalue weighted by Crippen LogP contribution is -2.49. The van der Waals surface area contributed by atoms with Crippen LogP contribution in [0.25, 0.3) is 0 Å². The number of ketones is 3. The van der Waals surface area contributed by atoms with Gasteiger partial charge in [0.2, 0.25) is 0 Å². The molecule has 0 bridgehead atoms. The van der Waals surface area contributed by atoms with Crippen molar-refractivity contribution < 1.29 is 14.4 Å². The summed E-state index contributed by atoms with van der Waals surface area (Å²) in [5, 5.41) is 0. The van der Waals surface area contributed by atoms with Crippen molar-refractivity contribution in [1.29, 1.82) is 0 Å². The molecule has 6 unspecified atom stereocenters. The number of halogens is 2. The van der Waals surface area contributed by atoms with Crippen LogP contribution >= 0.6 is 31.9 Å². The summed E-state index contributed by atoms with van der Waals surface area (Å²) in [5.74, 6) is -1.44. The van der Waals surface area contributed by atoms with E-state index < -0.39 is 39.1 Å². The molecule has 0 amide bonds. The van der Waals surface area contributed by atoms with Crippen LogP contribution in [-0.2, 0) is 14.4 Å². The highest BCUT2D eigenvalue weighted by atomic mass is 79.9. The average Bonchev–Trinajstić information content (AvgIpc) is 2.55. The van der Waals surface area contributed by atoms with Crippen LogP contribution in [0.2, 0.25) is 0 Å². The van der Waals surface area contributed by atoms with Gasteiger partial charge in [0.25, 0.3) is 0 Å². The number of carbonyl (C=O) groups excluding carboxylic acids is 3. The van der Waals surface area contributed by atoms with Gasteiger partial charge >= 0.3 is 0 Å². The zero-order chi connectivity index (χ0) is 17.6. The Morgan fingerprint density at radius 2 is 1.05 bits per heavy atom. The molecule has 0 spiro atoms. The molecule has 0 aliphatic heterocycles. The van der Waals surface area contributed by atoms with Gasteiger partial charge in [-0.25, -0.2) is 0 Å². The van der Waals surface area contributed by atoms with Gasteiger partial charge in [-0.15, -0.1) is 0 Å². The molecule has 0 radical (unpaired) electrons. The van der Waals surface area contributed by atoms with E-state index in [0.717, 1.165) is 12.8 Å². The van der Waals surface area contributed by atoms with E-state index >= 15 is 0 Å². The predicted octanol–water partition coefficient (Wildman–Crippen LogP) is 1.97. The van der Waals surface area contributed by atoms with Crippen molar-refractivity contribution in [3.05, 3.63) is 0 Å². The summed E-state index contributed by atoms with van der Waals surface area (Å²) in [5.41, 5.74) is 11.7. The lowest BCUT2D eigenvalue weighted by Gasteiger charge is -2.23. The van der Waals surface area contributed by atoms with Crippen LogP contribution in [0, 0.1) is 11.8 Å². The third-order valence-corrected chi connectivity index (χ3v) is 5.98. The minimum absolute atomic E-state index is 0.0350. The Morgan fingerprint density at radius 3 is 1.27 bits per heavy atom. The van der Waals surface area contributed by atoms with E-state index in [1.165, 1.54) is 0 Å². The Kier molecular flexibility index (Phi) is 9.85. The SMILES string of the molecule is CCC(C)C(N)C(=O)C(Br)C(=O)C(Br)C(=O)C(N)C(C)CC. The van der Waals surface area contributed by atoms with Gasteiger partial charge in [0.15, 0.2) is 17.3 Å². The number of hydrogen-bond acceptors (Lipinski definition) is 5. The maximum atomic E-state index is 12.3. The molecular formula is C15H26Br2N2O3. The zero-order valence-electron chi connectivity index (χ0n) is 13.5. The van der Waals surface area contributed by atoms with Gasteiger partial charge in [-0.3, -0.25) is 14.4 Å². The number of Topliss-reactive ketones (excluding diaryl/α,β-unsaturated/α-hetero) is 3. The summed E-state index contributed by atoms with van der Waals surface area (Å²) in [4.78, 5) is 34.5. The summed E-state index contributed by atoms with van der Waals surface area (Å²) >= 11 is 6.15. The van der Waals surface area contributed by atoms with Crippen LogP contribution in [0.4, 0.5) is 0 Å². The fourth-order valence-corrected chi connectivity index (χ4v) is 3.31. The van der Waals surface area contributed by atoms with Crippen LogP contribution in [0.5, 0.6) is 0 Å². The van der Waals surface area contributed by atoms with Crippen molar-refractivity contribution in [3.63, 3.8) is 0 Å². The number of hydrogen-bond donors (Lipinski definition) is 2. The lowest BCUT2D eigenvalue weighted by molar-refractivity contribution is -0.130. The fraction of sp³-hybridized carbons (Fsp3) is 0.800. The van der Waals surface area contributed by atoms with Crippen molar-refractivity contribution in [2.75, 3.05) is 0 Å². The standard InChI is InChI=1S/C15H26Br2N2O3/c1-5-7(3)11(18)14(21)9(16)13(20)10(17)15(22)12(19)8(4)6-2/h7-12H,5-6,18-19H2,1-4H3. The normalized spacial score (nSPS) is 19.6. The van der Waals surface area contributed by atoms with E-state index in [1.807, 2.05) is 27.7 Å². The topological polar surface area (TPSA) is 103 Å². The molecule has 7 heteroatoms. The number of rotatable bonds is 10. The first-order valence-corrected chi connectivity index (χ1v) is 9.33. The van der Waals surface area contributed by atoms with Crippen molar-refractivity contribution in [2.45, 2.75) is 62.3 Å². The molecule has 0 rings (SSSR count). The molecule has 0 aromatic heterocycles. The van der Waals surface area contributed by atoms with Gasteiger partial charge in [-0.05, 0) is 11.8 Å². The quantitative estimate of drug-likeness (QED) is 0.398. The maximum absolute atomic E-state index is 12.3. The molecule has 0 aliphatic carbocycles. The summed E-state index contributed by atoms with van der Waals surface area (Å²) in [6, 6.07) is -1.48. The molecule has 4 N–H and O–H groups in total. The first-order chi connectivity index (χ1) is 10.1. The smallest absolute Gasteiger partial charge is 0.175 e. The Bertz CT molecular complexity index is 382. The molecule has 0 saturated carbocycles. The van der Waals surface area contributed by atoms with Crippen molar-refractivity contribution in [2.24, 2.45) is 23.3 Å². The van der Waals surface area contributed by atoms with Crippen LogP contribution in [-0.4, -0.2) is 39.1 Å². The van der Waals surface area contributed by atoms with Gasteiger partial charge in [0.05, 0.1) is 12.1 Å². The first kappa shape index (κ1) is 21.9. The average molecular weight is 442 g/mol. The van der Waals surface area contributed by atoms with Gasteiger partial charge in [-0.1, -0.05) is 72.4 Å². The van der Waals surface area contributed by atoms with Crippen molar-refractivity contribution >= 4 is 49.2 Å². The second-order valence-corrected chi connectivity index (χ2v) is 7.59. The molecule has 6 atom stereocenters. The molecule has 0 aromatic rings. The van der Waals surface area contributed by atoms with Gasteiger partial charge in [-0.2, -0.15) is 0 Å². The minimum atomic E-state index is -1.10.